The topological polar surface area (TPSA) is 89.0 Å². The second kappa shape index (κ2) is 5.68. The molecule has 0 spiro atoms. The number of rotatable bonds is 3. The molecule has 7 heteroatoms. The van der Waals surface area contributed by atoms with Crippen molar-refractivity contribution in [1.82, 2.24) is 0 Å². The first-order valence-electron chi connectivity index (χ1n) is 7.19. The maximum atomic E-state index is 12.6. The molecule has 0 saturated carbocycles. The van der Waals surface area contributed by atoms with Gasteiger partial charge in [-0.1, -0.05) is 0 Å². The van der Waals surface area contributed by atoms with Gasteiger partial charge in [-0.2, -0.15) is 0 Å². The van der Waals surface area contributed by atoms with E-state index in [1.54, 1.807) is 23.1 Å². The number of carbonyl (C=O) groups excluding carboxylic acids is 1. The van der Waals surface area contributed by atoms with Gasteiger partial charge in [-0.05, 0) is 32.0 Å². The first-order valence-corrected chi connectivity index (χ1v) is 7.19. The molecule has 23 heavy (non-hydrogen) atoms. The lowest BCUT2D eigenvalue weighted by Crippen LogP contribution is -2.37. The van der Waals surface area contributed by atoms with Crippen molar-refractivity contribution in [3.8, 4) is 0 Å². The minimum Gasteiger partial charge on any atom is -0.463 e. The van der Waals surface area contributed by atoms with Crippen LogP contribution >= 0.6 is 0 Å². The molecule has 1 aromatic heterocycles. The Morgan fingerprint density at radius 1 is 1.35 bits per heavy atom. The number of hydrogen-bond acceptors (Lipinski definition) is 5. The molecule has 1 aliphatic heterocycles. The van der Waals surface area contributed by atoms with Crippen LogP contribution in [-0.4, -0.2) is 22.6 Å². The fourth-order valence-electron chi connectivity index (χ4n) is 2.62. The van der Waals surface area contributed by atoms with Gasteiger partial charge >= 0.3 is 0 Å². The molecule has 0 unspecified atom stereocenters. The summed E-state index contributed by atoms with van der Waals surface area (Å²) in [6.07, 6.45) is 1.58. The Bertz CT molecular complexity index is 794. The van der Waals surface area contributed by atoms with Crippen LogP contribution in [0, 0.1) is 10.1 Å². The van der Waals surface area contributed by atoms with Gasteiger partial charge in [-0.25, -0.2) is 4.99 Å². The number of nitro benzene ring substituents is 1. The van der Waals surface area contributed by atoms with Gasteiger partial charge < -0.3 is 9.32 Å². The van der Waals surface area contributed by atoms with Crippen molar-refractivity contribution in [1.29, 1.82) is 0 Å². The Morgan fingerprint density at radius 2 is 2.13 bits per heavy atom. The summed E-state index contributed by atoms with van der Waals surface area (Å²) in [7, 11) is 0. The predicted octanol–water partition coefficient (Wildman–Crippen LogP) is 3.45. The maximum absolute atomic E-state index is 12.6. The van der Waals surface area contributed by atoms with E-state index in [0.29, 0.717) is 22.8 Å². The van der Waals surface area contributed by atoms with Gasteiger partial charge in [0.2, 0.25) is 5.91 Å². The van der Waals surface area contributed by atoms with Crippen molar-refractivity contribution < 1.29 is 14.1 Å². The summed E-state index contributed by atoms with van der Waals surface area (Å²) >= 11 is 0. The van der Waals surface area contributed by atoms with Crippen molar-refractivity contribution in [3.63, 3.8) is 0 Å². The smallest absolute Gasteiger partial charge is 0.271 e. The molecule has 1 amide bonds. The number of amides is 1. The molecule has 0 saturated heterocycles. The number of carbonyl (C=O) groups is 1. The van der Waals surface area contributed by atoms with Crippen LogP contribution in [0.5, 0.6) is 0 Å². The summed E-state index contributed by atoms with van der Waals surface area (Å²) in [5.41, 5.74) is 1.36. The number of nitro groups is 1. The van der Waals surface area contributed by atoms with Crippen molar-refractivity contribution >= 4 is 28.7 Å². The van der Waals surface area contributed by atoms with Crippen LogP contribution < -0.4 is 4.90 Å². The van der Waals surface area contributed by atoms with Crippen molar-refractivity contribution in [2.24, 2.45) is 4.99 Å². The summed E-state index contributed by atoms with van der Waals surface area (Å²) in [4.78, 5) is 29.2. The third kappa shape index (κ3) is 2.73. The molecule has 0 bridgehead atoms. The van der Waals surface area contributed by atoms with E-state index >= 15 is 0 Å². The third-order valence-corrected chi connectivity index (χ3v) is 3.59. The molecule has 2 heterocycles. The number of hydrogen-bond donors (Lipinski definition) is 0. The lowest BCUT2D eigenvalue weighted by Gasteiger charge is -2.26. The summed E-state index contributed by atoms with van der Waals surface area (Å²) in [6.45, 7) is 3.78. The van der Waals surface area contributed by atoms with E-state index < -0.39 is 4.92 Å². The minimum atomic E-state index is -0.477. The fraction of sp³-hybridized carbons (Fsp3) is 0.250. The zero-order valence-electron chi connectivity index (χ0n) is 12.7. The molecular weight excluding hydrogens is 298 g/mol. The number of fused-ring (bicyclic) bond motifs is 1. The number of non-ortho nitro benzene ring substituents is 1. The average molecular weight is 313 g/mol. The van der Waals surface area contributed by atoms with E-state index in [2.05, 4.69) is 4.99 Å². The molecule has 3 rings (SSSR count). The first kappa shape index (κ1) is 15.0. The average Bonchev–Trinajstić information content (AvgIpc) is 2.97. The van der Waals surface area contributed by atoms with E-state index in [9.17, 15) is 14.9 Å². The van der Waals surface area contributed by atoms with Gasteiger partial charge in [0.1, 0.15) is 5.76 Å². The molecule has 0 fully saturated rings. The Morgan fingerprint density at radius 3 is 2.74 bits per heavy atom. The van der Waals surface area contributed by atoms with Crippen molar-refractivity contribution in [3.05, 3.63) is 52.5 Å². The van der Waals surface area contributed by atoms with Gasteiger partial charge in [0.25, 0.3) is 5.69 Å². The molecule has 118 valence electrons. The number of anilines is 1. The second-order valence-electron chi connectivity index (χ2n) is 5.50. The van der Waals surface area contributed by atoms with E-state index in [-0.39, 0.29) is 24.1 Å². The van der Waals surface area contributed by atoms with E-state index in [0.717, 1.165) is 0 Å². The van der Waals surface area contributed by atoms with Gasteiger partial charge in [0.15, 0.2) is 0 Å². The zero-order valence-corrected chi connectivity index (χ0v) is 12.7. The Balaban J connectivity index is 2.19. The van der Waals surface area contributed by atoms with E-state index in [1.165, 1.54) is 18.4 Å². The predicted molar refractivity (Wildman–Crippen MR) is 85.2 cm³/mol. The quantitative estimate of drug-likeness (QED) is 0.641. The molecule has 2 aromatic rings. The molecule has 0 radical (unpaired) electrons. The first-order chi connectivity index (χ1) is 11.0. The molecule has 0 atom stereocenters. The van der Waals surface area contributed by atoms with Crippen molar-refractivity contribution in [2.75, 3.05) is 4.90 Å². The van der Waals surface area contributed by atoms with Crippen LogP contribution in [-0.2, 0) is 4.79 Å². The summed E-state index contributed by atoms with van der Waals surface area (Å²) in [6, 6.07) is 7.67. The highest BCUT2D eigenvalue weighted by Crippen LogP contribution is 2.37. The summed E-state index contributed by atoms with van der Waals surface area (Å²) in [5.74, 6) is 0.365. The lowest BCUT2D eigenvalue weighted by molar-refractivity contribution is -0.384. The number of aliphatic imine (C=N–C) groups is 1. The molecule has 0 N–H and O–H groups in total. The van der Waals surface area contributed by atoms with Crippen LogP contribution in [0.15, 0.2) is 46.0 Å². The van der Waals surface area contributed by atoms with Crippen LogP contribution in [0.2, 0.25) is 0 Å². The lowest BCUT2D eigenvalue weighted by atomic mass is 10.1. The maximum Gasteiger partial charge on any atom is 0.271 e. The number of furan rings is 1. The minimum absolute atomic E-state index is 0.0654. The normalized spacial score (nSPS) is 14.5. The van der Waals surface area contributed by atoms with Crippen LogP contribution in [0.25, 0.3) is 0 Å². The van der Waals surface area contributed by atoms with Gasteiger partial charge in [0.05, 0.1) is 34.7 Å². The fourth-order valence-corrected chi connectivity index (χ4v) is 2.62. The molecule has 7 nitrogen and oxygen atoms in total. The largest absolute Gasteiger partial charge is 0.463 e. The molecular formula is C16H15N3O4. The highest BCUT2D eigenvalue weighted by Gasteiger charge is 2.28. The van der Waals surface area contributed by atoms with Crippen LogP contribution in [0.4, 0.5) is 17.1 Å². The molecule has 1 aromatic carbocycles. The standard InChI is InChI=1S/C16H15N3O4/c1-10(2)18-14-6-5-11(19(21)22)8-12(14)17-13(9-16(18)20)15-4-3-7-23-15/h3-8,10H,9H2,1-2H3. The van der Waals surface area contributed by atoms with Crippen molar-refractivity contribution in [2.45, 2.75) is 26.3 Å². The van der Waals surface area contributed by atoms with Gasteiger partial charge in [-0.15, -0.1) is 0 Å². The van der Waals surface area contributed by atoms with E-state index in [1.807, 2.05) is 13.8 Å². The third-order valence-electron chi connectivity index (χ3n) is 3.59. The Labute approximate surface area is 132 Å². The van der Waals surface area contributed by atoms with Gasteiger partial charge in [-0.3, -0.25) is 14.9 Å². The molecule has 1 aliphatic rings. The molecule has 0 aliphatic carbocycles. The Hall–Kier alpha value is -2.96. The van der Waals surface area contributed by atoms with Crippen LogP contribution in [0.1, 0.15) is 26.0 Å². The van der Waals surface area contributed by atoms with Gasteiger partial charge in [0, 0.05) is 18.2 Å². The monoisotopic (exact) mass is 313 g/mol. The van der Waals surface area contributed by atoms with Crippen LogP contribution in [0.3, 0.4) is 0 Å². The highest BCUT2D eigenvalue weighted by molar-refractivity contribution is 6.16. The summed E-state index contributed by atoms with van der Waals surface area (Å²) in [5, 5.41) is 11.0. The number of benzene rings is 1. The zero-order chi connectivity index (χ0) is 16.6. The number of nitrogens with zero attached hydrogens (tertiary/aromatic N) is 3. The highest BCUT2D eigenvalue weighted by atomic mass is 16.6. The SMILES string of the molecule is CC(C)N1C(=O)CC(c2ccco2)=Nc2cc([N+](=O)[O-])ccc21. The Kier molecular flexibility index (Phi) is 3.69. The second-order valence-corrected chi connectivity index (χ2v) is 5.50. The summed E-state index contributed by atoms with van der Waals surface area (Å²) < 4.78 is 5.33. The van der Waals surface area contributed by atoms with E-state index in [4.69, 9.17) is 4.42 Å².